The van der Waals surface area contributed by atoms with E-state index in [4.69, 9.17) is 4.52 Å². The predicted molar refractivity (Wildman–Crippen MR) is 81.9 cm³/mol. The van der Waals surface area contributed by atoms with E-state index in [2.05, 4.69) is 43.0 Å². The second-order valence-corrected chi connectivity index (χ2v) is 6.36. The van der Waals surface area contributed by atoms with Crippen molar-refractivity contribution in [3.8, 4) is 11.4 Å². The van der Waals surface area contributed by atoms with Crippen LogP contribution in [-0.2, 0) is 6.54 Å². The number of nitrogens with one attached hydrogen (secondary N) is 1. The van der Waals surface area contributed by atoms with Crippen LogP contribution in [0.2, 0.25) is 0 Å². The standard InChI is InChI=1S/C17H23N3O/c1-12-7-9-15(10-8-12)17-18-16(21-19-17)11-20-13(2)5-4-6-14(20)3/h7-10,13-14H,4-6,11H2,1-3H3/p+1. The number of benzene rings is 1. The Labute approximate surface area is 126 Å². The number of aromatic nitrogens is 2. The van der Waals surface area contributed by atoms with Crippen molar-refractivity contribution in [2.24, 2.45) is 0 Å². The van der Waals surface area contributed by atoms with Gasteiger partial charge < -0.3 is 9.42 Å². The van der Waals surface area contributed by atoms with Gasteiger partial charge in [0.15, 0.2) is 6.54 Å². The Morgan fingerprint density at radius 2 is 1.81 bits per heavy atom. The zero-order valence-electron chi connectivity index (χ0n) is 13.1. The topological polar surface area (TPSA) is 43.4 Å². The van der Waals surface area contributed by atoms with E-state index >= 15 is 0 Å². The highest BCUT2D eigenvalue weighted by atomic mass is 16.5. The fraction of sp³-hybridized carbons (Fsp3) is 0.529. The number of hydrogen-bond acceptors (Lipinski definition) is 3. The second-order valence-electron chi connectivity index (χ2n) is 6.36. The van der Waals surface area contributed by atoms with Crippen LogP contribution in [0.3, 0.4) is 0 Å². The first kappa shape index (κ1) is 14.3. The van der Waals surface area contributed by atoms with Crippen LogP contribution < -0.4 is 4.90 Å². The lowest BCUT2D eigenvalue weighted by Crippen LogP contribution is -3.18. The molecule has 1 aromatic carbocycles. The van der Waals surface area contributed by atoms with Gasteiger partial charge in [-0.3, -0.25) is 0 Å². The average Bonchev–Trinajstić information content (AvgIpc) is 2.92. The predicted octanol–water partition coefficient (Wildman–Crippen LogP) is 2.39. The molecule has 2 unspecified atom stereocenters. The number of hydrogen-bond donors (Lipinski definition) is 1. The lowest BCUT2D eigenvalue weighted by Gasteiger charge is -2.34. The van der Waals surface area contributed by atoms with Crippen molar-refractivity contribution in [1.82, 2.24) is 10.1 Å². The first-order chi connectivity index (χ1) is 10.1. The SMILES string of the molecule is Cc1ccc(-c2noc(C[NH+]3C(C)CCCC3C)n2)cc1. The Hall–Kier alpha value is -1.68. The molecule has 0 saturated carbocycles. The van der Waals surface area contributed by atoms with Crippen molar-refractivity contribution in [2.75, 3.05) is 0 Å². The minimum atomic E-state index is 0.670. The van der Waals surface area contributed by atoms with E-state index in [-0.39, 0.29) is 0 Å². The summed E-state index contributed by atoms with van der Waals surface area (Å²) in [6.45, 7) is 7.56. The summed E-state index contributed by atoms with van der Waals surface area (Å²) < 4.78 is 5.47. The van der Waals surface area contributed by atoms with Gasteiger partial charge in [-0.05, 0) is 40.0 Å². The summed E-state index contributed by atoms with van der Waals surface area (Å²) >= 11 is 0. The van der Waals surface area contributed by atoms with Crippen molar-refractivity contribution >= 4 is 0 Å². The second kappa shape index (κ2) is 5.98. The van der Waals surface area contributed by atoms with Crippen LogP contribution in [0.25, 0.3) is 11.4 Å². The molecule has 1 N–H and O–H groups in total. The Bertz CT molecular complexity index is 580. The van der Waals surface area contributed by atoms with Gasteiger partial charge in [0.05, 0.1) is 12.1 Å². The van der Waals surface area contributed by atoms with Crippen LogP contribution in [0.5, 0.6) is 0 Å². The molecule has 0 radical (unpaired) electrons. The molecule has 2 aromatic rings. The summed E-state index contributed by atoms with van der Waals surface area (Å²) in [4.78, 5) is 6.14. The number of aryl methyl sites for hydroxylation is 1. The maximum atomic E-state index is 5.47. The highest BCUT2D eigenvalue weighted by Crippen LogP contribution is 2.16. The molecule has 4 heteroatoms. The van der Waals surface area contributed by atoms with Gasteiger partial charge in [0, 0.05) is 5.56 Å². The van der Waals surface area contributed by atoms with Crippen molar-refractivity contribution in [2.45, 2.75) is 58.7 Å². The molecule has 0 amide bonds. The molecule has 21 heavy (non-hydrogen) atoms. The maximum Gasteiger partial charge on any atom is 0.282 e. The Morgan fingerprint density at radius 3 is 2.48 bits per heavy atom. The fourth-order valence-electron chi connectivity index (χ4n) is 3.26. The van der Waals surface area contributed by atoms with Gasteiger partial charge >= 0.3 is 0 Å². The number of nitrogens with zero attached hydrogens (tertiary/aromatic N) is 2. The van der Waals surface area contributed by atoms with E-state index < -0.39 is 0 Å². The van der Waals surface area contributed by atoms with E-state index in [9.17, 15) is 0 Å². The van der Waals surface area contributed by atoms with Crippen molar-refractivity contribution in [3.05, 3.63) is 35.7 Å². The zero-order valence-corrected chi connectivity index (χ0v) is 13.1. The minimum absolute atomic E-state index is 0.670. The molecular weight excluding hydrogens is 262 g/mol. The monoisotopic (exact) mass is 286 g/mol. The molecule has 4 nitrogen and oxygen atoms in total. The largest absolute Gasteiger partial charge is 0.333 e. The molecule has 0 spiro atoms. The third-order valence-corrected chi connectivity index (χ3v) is 4.67. The van der Waals surface area contributed by atoms with Gasteiger partial charge in [0.25, 0.3) is 5.89 Å². The number of likely N-dealkylation sites (tertiary alicyclic amines) is 1. The van der Waals surface area contributed by atoms with Gasteiger partial charge in [-0.15, -0.1) is 0 Å². The summed E-state index contributed by atoms with van der Waals surface area (Å²) in [5.74, 6) is 1.45. The van der Waals surface area contributed by atoms with Crippen LogP contribution in [0.15, 0.2) is 28.8 Å². The lowest BCUT2D eigenvalue weighted by molar-refractivity contribution is -0.965. The summed E-state index contributed by atoms with van der Waals surface area (Å²) in [6, 6.07) is 9.58. The summed E-state index contributed by atoms with van der Waals surface area (Å²) in [5.41, 5.74) is 2.26. The van der Waals surface area contributed by atoms with Crippen LogP contribution in [-0.4, -0.2) is 22.2 Å². The van der Waals surface area contributed by atoms with Gasteiger partial charge in [-0.2, -0.15) is 4.98 Å². The number of piperidine rings is 1. The van der Waals surface area contributed by atoms with Crippen molar-refractivity contribution in [3.63, 3.8) is 0 Å². The number of quaternary nitrogens is 1. The summed E-state index contributed by atoms with van der Waals surface area (Å²) in [7, 11) is 0. The van der Waals surface area contributed by atoms with Crippen LogP contribution >= 0.6 is 0 Å². The van der Waals surface area contributed by atoms with E-state index in [1.807, 2.05) is 12.1 Å². The van der Waals surface area contributed by atoms with E-state index in [0.29, 0.717) is 17.9 Å². The fourth-order valence-corrected chi connectivity index (χ4v) is 3.26. The van der Waals surface area contributed by atoms with Crippen molar-refractivity contribution in [1.29, 1.82) is 0 Å². The Morgan fingerprint density at radius 1 is 1.14 bits per heavy atom. The molecule has 112 valence electrons. The third-order valence-electron chi connectivity index (χ3n) is 4.67. The molecule has 0 bridgehead atoms. The first-order valence-electron chi connectivity index (χ1n) is 7.88. The Kier molecular flexibility index (Phi) is 4.06. The highest BCUT2D eigenvalue weighted by molar-refractivity contribution is 5.54. The lowest BCUT2D eigenvalue weighted by atomic mass is 9.98. The third kappa shape index (κ3) is 3.16. The summed E-state index contributed by atoms with van der Waals surface area (Å²) in [6.07, 6.45) is 3.92. The Balaban J connectivity index is 1.74. The highest BCUT2D eigenvalue weighted by Gasteiger charge is 2.30. The molecule has 0 aliphatic carbocycles. The normalized spacial score (nSPS) is 26.0. The average molecular weight is 286 g/mol. The molecule has 1 aromatic heterocycles. The minimum Gasteiger partial charge on any atom is -0.333 e. The molecule has 1 fully saturated rings. The van der Waals surface area contributed by atoms with Gasteiger partial charge in [-0.1, -0.05) is 35.0 Å². The molecule has 1 aliphatic heterocycles. The molecule has 3 rings (SSSR count). The van der Waals surface area contributed by atoms with Crippen LogP contribution in [0.1, 0.15) is 44.6 Å². The van der Waals surface area contributed by atoms with Gasteiger partial charge in [-0.25, -0.2) is 0 Å². The smallest absolute Gasteiger partial charge is 0.282 e. The summed E-state index contributed by atoms with van der Waals surface area (Å²) in [5, 5.41) is 4.13. The zero-order chi connectivity index (χ0) is 14.8. The molecule has 1 saturated heterocycles. The van der Waals surface area contributed by atoms with Crippen LogP contribution in [0, 0.1) is 6.92 Å². The van der Waals surface area contributed by atoms with E-state index in [1.165, 1.54) is 24.8 Å². The van der Waals surface area contributed by atoms with Crippen molar-refractivity contribution < 1.29 is 9.42 Å². The molecule has 2 heterocycles. The van der Waals surface area contributed by atoms with Crippen LogP contribution in [0.4, 0.5) is 0 Å². The molecule has 1 aliphatic rings. The van der Waals surface area contributed by atoms with E-state index in [1.54, 1.807) is 4.90 Å². The van der Waals surface area contributed by atoms with E-state index in [0.717, 1.165) is 18.0 Å². The number of rotatable bonds is 3. The quantitative estimate of drug-likeness (QED) is 0.942. The maximum absolute atomic E-state index is 5.47. The molecule has 2 atom stereocenters. The van der Waals surface area contributed by atoms with Gasteiger partial charge in [0.2, 0.25) is 5.82 Å². The van der Waals surface area contributed by atoms with Gasteiger partial charge in [0.1, 0.15) is 0 Å². The first-order valence-corrected chi connectivity index (χ1v) is 7.88. The molecular formula is C17H24N3O+.